The number of phenols is 1. The van der Waals surface area contributed by atoms with Crippen molar-refractivity contribution < 1.29 is 9.90 Å². The normalized spacial score (nSPS) is 13.5. The van der Waals surface area contributed by atoms with Gasteiger partial charge in [-0.15, -0.1) is 0 Å². The molecule has 4 rings (SSSR count). The van der Waals surface area contributed by atoms with Crippen LogP contribution < -0.4 is 9.80 Å². The number of carbonyl (C=O) groups excluding carboxylic acids is 1. The van der Waals surface area contributed by atoms with E-state index in [0.29, 0.717) is 22.7 Å². The quantitative estimate of drug-likeness (QED) is 0.444. The molecule has 0 aliphatic carbocycles. The first-order valence-electron chi connectivity index (χ1n) is 11.3. The number of aromatic nitrogens is 1. The zero-order chi connectivity index (χ0) is 24.2. The van der Waals surface area contributed by atoms with E-state index in [2.05, 4.69) is 9.88 Å². The maximum absolute atomic E-state index is 11.6. The molecule has 2 heterocycles. The fraction of sp³-hybridized carbons (Fsp3) is 0.259. The van der Waals surface area contributed by atoms with E-state index in [1.807, 2.05) is 56.3 Å². The molecule has 0 saturated carbocycles. The fourth-order valence-corrected chi connectivity index (χ4v) is 4.46. The highest BCUT2D eigenvalue weighted by atomic mass is 35.5. The average Bonchev–Trinajstić information content (AvgIpc) is 3.36. The number of hydrogen-bond acceptors (Lipinski definition) is 5. The summed E-state index contributed by atoms with van der Waals surface area (Å²) in [6, 6.07) is 13.3. The first-order valence-corrected chi connectivity index (χ1v) is 11.7. The standard InChI is InChI=1S/C27H29ClN4O2/c1-19-14-22(20-6-7-25(24(28)16-20)32(18-33)13-12-30(2)3)27(34)23(15-19)21-8-9-29-26(17-21)31-10-4-5-11-31/h6-9,12-18,34H,4-5,10-11H2,1-3H3/b13-12-. The topological polar surface area (TPSA) is 59.9 Å². The maximum Gasteiger partial charge on any atom is 0.218 e. The van der Waals surface area contributed by atoms with E-state index in [9.17, 15) is 9.90 Å². The van der Waals surface area contributed by atoms with Crippen molar-refractivity contribution in [1.82, 2.24) is 9.88 Å². The summed E-state index contributed by atoms with van der Waals surface area (Å²) in [5.74, 6) is 1.12. The minimum absolute atomic E-state index is 0.188. The molecule has 1 N–H and O–H groups in total. The molecule has 0 unspecified atom stereocenters. The summed E-state index contributed by atoms with van der Waals surface area (Å²) < 4.78 is 0. The number of benzene rings is 2. The van der Waals surface area contributed by atoms with Crippen LogP contribution in [0.25, 0.3) is 22.3 Å². The summed E-state index contributed by atoms with van der Waals surface area (Å²) in [7, 11) is 3.75. The lowest BCUT2D eigenvalue weighted by atomic mass is 9.95. The van der Waals surface area contributed by atoms with Crippen LogP contribution in [0.1, 0.15) is 18.4 Å². The maximum atomic E-state index is 11.6. The molecule has 1 aliphatic heterocycles. The van der Waals surface area contributed by atoms with Crippen molar-refractivity contribution in [3.8, 4) is 28.0 Å². The third kappa shape index (κ3) is 5.02. The predicted molar refractivity (Wildman–Crippen MR) is 139 cm³/mol. The number of phenolic OH excluding ortho intramolecular Hbond substituents is 1. The van der Waals surface area contributed by atoms with Gasteiger partial charge in [0.15, 0.2) is 0 Å². The molecule has 176 valence electrons. The van der Waals surface area contributed by atoms with Crippen molar-refractivity contribution in [1.29, 1.82) is 0 Å². The van der Waals surface area contributed by atoms with Gasteiger partial charge in [-0.3, -0.25) is 9.69 Å². The van der Waals surface area contributed by atoms with Crippen LogP contribution in [0.4, 0.5) is 11.5 Å². The Morgan fingerprint density at radius 3 is 2.29 bits per heavy atom. The lowest BCUT2D eigenvalue weighted by Gasteiger charge is -2.19. The van der Waals surface area contributed by atoms with E-state index in [1.54, 1.807) is 30.7 Å². The Bertz CT molecular complexity index is 1220. The number of hydrogen-bond donors (Lipinski definition) is 1. The molecule has 0 spiro atoms. The van der Waals surface area contributed by atoms with Crippen LogP contribution in [0.15, 0.2) is 61.1 Å². The summed E-state index contributed by atoms with van der Waals surface area (Å²) in [4.78, 5) is 21.7. The number of pyridine rings is 1. The Morgan fingerprint density at radius 1 is 1.00 bits per heavy atom. The highest BCUT2D eigenvalue weighted by Crippen LogP contribution is 2.41. The molecule has 3 aromatic rings. The lowest BCUT2D eigenvalue weighted by molar-refractivity contribution is -0.106. The Labute approximate surface area is 205 Å². The molecular weight excluding hydrogens is 448 g/mol. The van der Waals surface area contributed by atoms with Crippen LogP contribution in [0.3, 0.4) is 0 Å². The van der Waals surface area contributed by atoms with E-state index in [1.165, 1.54) is 17.7 Å². The summed E-state index contributed by atoms with van der Waals surface area (Å²) >= 11 is 6.57. The number of rotatable bonds is 7. The van der Waals surface area contributed by atoms with Gasteiger partial charge in [-0.1, -0.05) is 17.7 Å². The smallest absolute Gasteiger partial charge is 0.218 e. The predicted octanol–water partition coefficient (Wildman–Crippen LogP) is 5.68. The molecule has 1 aromatic heterocycles. The number of amides is 1. The molecule has 1 amide bonds. The van der Waals surface area contributed by atoms with Crippen LogP contribution in [-0.4, -0.2) is 48.6 Å². The van der Waals surface area contributed by atoms with Gasteiger partial charge < -0.3 is 14.9 Å². The van der Waals surface area contributed by atoms with Crippen molar-refractivity contribution in [2.45, 2.75) is 19.8 Å². The Hall–Kier alpha value is -3.51. The van der Waals surface area contributed by atoms with Crippen LogP contribution in [0, 0.1) is 6.92 Å². The van der Waals surface area contributed by atoms with Crippen LogP contribution >= 0.6 is 11.6 Å². The molecular formula is C27H29ClN4O2. The number of aryl methyl sites for hydroxylation is 1. The van der Waals surface area contributed by atoms with Gasteiger partial charge in [-0.25, -0.2) is 4.98 Å². The largest absolute Gasteiger partial charge is 0.507 e. The molecule has 2 aromatic carbocycles. The third-order valence-corrected chi connectivity index (χ3v) is 6.22. The summed E-state index contributed by atoms with van der Waals surface area (Å²) in [5.41, 5.74) is 4.71. The van der Waals surface area contributed by atoms with Gasteiger partial charge in [0, 0.05) is 56.9 Å². The second kappa shape index (κ2) is 10.2. The zero-order valence-corrected chi connectivity index (χ0v) is 20.5. The zero-order valence-electron chi connectivity index (χ0n) is 19.7. The number of carbonyl (C=O) groups is 1. The van der Waals surface area contributed by atoms with Crippen LogP contribution in [-0.2, 0) is 4.79 Å². The number of halogens is 1. The highest BCUT2D eigenvalue weighted by Gasteiger charge is 2.18. The highest BCUT2D eigenvalue weighted by molar-refractivity contribution is 6.34. The van der Waals surface area contributed by atoms with E-state index >= 15 is 0 Å². The molecule has 1 fully saturated rings. The average molecular weight is 477 g/mol. The molecule has 7 heteroatoms. The molecule has 0 radical (unpaired) electrons. The lowest BCUT2D eigenvalue weighted by Crippen LogP contribution is -2.18. The van der Waals surface area contributed by atoms with Crippen LogP contribution in [0.5, 0.6) is 5.75 Å². The van der Waals surface area contributed by atoms with Gasteiger partial charge >= 0.3 is 0 Å². The van der Waals surface area contributed by atoms with Gasteiger partial charge in [-0.05, 0) is 72.9 Å². The minimum Gasteiger partial charge on any atom is -0.507 e. The van der Waals surface area contributed by atoms with Crippen molar-refractivity contribution >= 4 is 29.5 Å². The molecule has 1 aliphatic rings. The Morgan fingerprint density at radius 2 is 1.68 bits per heavy atom. The van der Waals surface area contributed by atoms with Gasteiger partial charge in [0.05, 0.1) is 10.7 Å². The van der Waals surface area contributed by atoms with E-state index < -0.39 is 0 Å². The number of nitrogens with zero attached hydrogens (tertiary/aromatic N) is 4. The van der Waals surface area contributed by atoms with Crippen LogP contribution in [0.2, 0.25) is 5.02 Å². The van der Waals surface area contributed by atoms with Gasteiger partial charge in [0.1, 0.15) is 11.6 Å². The monoisotopic (exact) mass is 476 g/mol. The van der Waals surface area contributed by atoms with Crippen molar-refractivity contribution in [3.05, 3.63) is 71.6 Å². The summed E-state index contributed by atoms with van der Waals surface area (Å²) in [6.07, 6.45) is 8.28. The second-order valence-corrected chi connectivity index (χ2v) is 9.15. The second-order valence-electron chi connectivity index (χ2n) is 8.75. The summed E-state index contributed by atoms with van der Waals surface area (Å²) in [5, 5.41) is 11.7. The number of aromatic hydroxyl groups is 1. The van der Waals surface area contributed by atoms with E-state index in [4.69, 9.17) is 11.6 Å². The SMILES string of the molecule is Cc1cc(-c2ccnc(N3CCCC3)c2)c(O)c(-c2ccc(N(C=O)/C=C\N(C)C)c(Cl)c2)c1. The van der Waals surface area contributed by atoms with Gasteiger partial charge in [0.2, 0.25) is 6.41 Å². The van der Waals surface area contributed by atoms with Crippen molar-refractivity contribution in [2.24, 2.45) is 0 Å². The molecule has 34 heavy (non-hydrogen) atoms. The first kappa shape index (κ1) is 23.6. The Kier molecular flexibility index (Phi) is 7.08. The Balaban J connectivity index is 1.72. The summed E-state index contributed by atoms with van der Waals surface area (Å²) in [6.45, 7) is 4.02. The molecule has 0 bridgehead atoms. The van der Waals surface area contributed by atoms with Crippen molar-refractivity contribution in [2.75, 3.05) is 37.0 Å². The fourth-order valence-electron chi connectivity index (χ4n) is 4.19. The number of anilines is 2. The molecule has 1 saturated heterocycles. The molecule has 6 nitrogen and oxygen atoms in total. The van der Waals surface area contributed by atoms with Crippen molar-refractivity contribution in [3.63, 3.8) is 0 Å². The van der Waals surface area contributed by atoms with Gasteiger partial charge in [-0.2, -0.15) is 0 Å². The minimum atomic E-state index is 0.188. The molecule has 0 atom stereocenters. The van der Waals surface area contributed by atoms with E-state index in [-0.39, 0.29) is 5.75 Å². The van der Waals surface area contributed by atoms with Gasteiger partial charge in [0.25, 0.3) is 0 Å². The first-order chi connectivity index (χ1) is 16.4. The third-order valence-electron chi connectivity index (χ3n) is 5.92. The van der Waals surface area contributed by atoms with E-state index in [0.717, 1.165) is 41.2 Å².